The van der Waals surface area contributed by atoms with E-state index in [1.54, 1.807) is 12.1 Å². The van der Waals surface area contributed by atoms with E-state index in [0.717, 1.165) is 36.1 Å². The molecule has 1 aromatic rings. The molecular formula is C17H22BrNO4. The minimum atomic E-state index is -0.558. The van der Waals surface area contributed by atoms with Crippen molar-refractivity contribution in [2.24, 2.45) is 5.92 Å². The maximum absolute atomic E-state index is 11.8. The fourth-order valence-electron chi connectivity index (χ4n) is 2.56. The number of hydrogen-bond acceptors (Lipinski definition) is 4. The van der Waals surface area contributed by atoms with Gasteiger partial charge >= 0.3 is 5.97 Å². The zero-order valence-electron chi connectivity index (χ0n) is 13.2. The van der Waals surface area contributed by atoms with Crippen molar-refractivity contribution in [2.45, 2.75) is 38.6 Å². The second-order valence-electron chi connectivity index (χ2n) is 5.93. The number of carbonyl (C=O) groups excluding carboxylic acids is 2. The van der Waals surface area contributed by atoms with Gasteiger partial charge in [0.05, 0.1) is 0 Å². The summed E-state index contributed by atoms with van der Waals surface area (Å²) in [5.41, 5.74) is 0. The van der Waals surface area contributed by atoms with E-state index < -0.39 is 5.97 Å². The van der Waals surface area contributed by atoms with Crippen molar-refractivity contribution < 1.29 is 19.1 Å². The van der Waals surface area contributed by atoms with Gasteiger partial charge in [0.15, 0.2) is 13.2 Å². The summed E-state index contributed by atoms with van der Waals surface area (Å²) in [6.07, 6.45) is 4.25. The van der Waals surface area contributed by atoms with Crippen molar-refractivity contribution in [1.82, 2.24) is 5.32 Å². The molecule has 0 unspecified atom stereocenters. The minimum absolute atomic E-state index is 0.204. The van der Waals surface area contributed by atoms with Gasteiger partial charge in [-0.05, 0) is 49.8 Å². The first kappa shape index (κ1) is 17.8. The summed E-state index contributed by atoms with van der Waals surface area (Å²) in [7, 11) is 0. The predicted octanol–water partition coefficient (Wildman–Crippen LogP) is 3.07. The van der Waals surface area contributed by atoms with Crippen LogP contribution in [0.15, 0.2) is 28.7 Å². The molecule has 1 N–H and O–H groups in total. The van der Waals surface area contributed by atoms with Crippen LogP contribution in [0.1, 0.15) is 32.6 Å². The molecule has 6 heteroatoms. The van der Waals surface area contributed by atoms with Gasteiger partial charge in [0.25, 0.3) is 5.91 Å². The highest BCUT2D eigenvalue weighted by Gasteiger charge is 2.20. The van der Waals surface area contributed by atoms with Crippen molar-refractivity contribution in [2.75, 3.05) is 13.2 Å². The number of rotatable bonds is 6. The first-order chi connectivity index (χ1) is 11.0. The highest BCUT2D eigenvalue weighted by molar-refractivity contribution is 9.10. The zero-order valence-corrected chi connectivity index (χ0v) is 14.8. The van der Waals surface area contributed by atoms with Crippen LogP contribution in [0.3, 0.4) is 0 Å². The Morgan fingerprint density at radius 2 is 1.96 bits per heavy atom. The molecule has 0 aromatic heterocycles. The minimum Gasteiger partial charge on any atom is -0.482 e. The van der Waals surface area contributed by atoms with Crippen LogP contribution in [0.5, 0.6) is 5.75 Å². The van der Waals surface area contributed by atoms with Gasteiger partial charge in [-0.2, -0.15) is 0 Å². The normalized spacial score (nSPS) is 20.6. The van der Waals surface area contributed by atoms with Crippen molar-refractivity contribution in [3.05, 3.63) is 28.7 Å². The lowest BCUT2D eigenvalue weighted by Gasteiger charge is -2.26. The topological polar surface area (TPSA) is 64.6 Å². The van der Waals surface area contributed by atoms with Gasteiger partial charge < -0.3 is 14.8 Å². The maximum atomic E-state index is 11.8. The number of halogens is 1. The van der Waals surface area contributed by atoms with E-state index in [9.17, 15) is 9.59 Å². The summed E-state index contributed by atoms with van der Waals surface area (Å²) in [5.74, 6) is 0.492. The molecule has 23 heavy (non-hydrogen) atoms. The largest absolute Gasteiger partial charge is 0.482 e. The molecule has 0 atom stereocenters. The summed E-state index contributed by atoms with van der Waals surface area (Å²) in [4.78, 5) is 23.4. The number of amides is 1. The highest BCUT2D eigenvalue weighted by atomic mass is 79.9. The lowest BCUT2D eigenvalue weighted by molar-refractivity contribution is -0.150. The van der Waals surface area contributed by atoms with Gasteiger partial charge in [-0.15, -0.1) is 0 Å². The standard InChI is InChI=1S/C17H22BrNO4/c1-12-5-7-14(8-6-12)19-16(20)10-23-17(21)11-22-15-4-2-3-13(18)9-15/h2-4,9,12,14H,5-8,10-11H2,1H3,(H,19,20). The first-order valence-corrected chi connectivity index (χ1v) is 8.65. The Morgan fingerprint density at radius 1 is 1.22 bits per heavy atom. The summed E-state index contributed by atoms with van der Waals surface area (Å²) in [5, 5.41) is 2.91. The van der Waals surface area contributed by atoms with Crippen LogP contribution < -0.4 is 10.1 Å². The van der Waals surface area contributed by atoms with Crippen LogP contribution in [0.2, 0.25) is 0 Å². The Bertz CT molecular complexity index is 541. The van der Waals surface area contributed by atoms with Gasteiger partial charge in [0.1, 0.15) is 5.75 Å². The second-order valence-corrected chi connectivity index (χ2v) is 6.85. The average Bonchev–Trinajstić information content (AvgIpc) is 2.53. The van der Waals surface area contributed by atoms with Crippen LogP contribution in [0.25, 0.3) is 0 Å². The number of benzene rings is 1. The third-order valence-corrected chi connectivity index (χ3v) is 4.39. The Balaban J connectivity index is 1.63. The van der Waals surface area contributed by atoms with Crippen molar-refractivity contribution in [1.29, 1.82) is 0 Å². The van der Waals surface area contributed by atoms with E-state index in [1.807, 2.05) is 12.1 Å². The van der Waals surface area contributed by atoms with E-state index in [0.29, 0.717) is 5.75 Å². The van der Waals surface area contributed by atoms with E-state index in [4.69, 9.17) is 9.47 Å². The lowest BCUT2D eigenvalue weighted by atomic mass is 9.87. The van der Waals surface area contributed by atoms with E-state index in [1.165, 1.54) is 0 Å². The van der Waals surface area contributed by atoms with Crippen LogP contribution in [0.4, 0.5) is 0 Å². The first-order valence-electron chi connectivity index (χ1n) is 7.86. The molecular weight excluding hydrogens is 362 g/mol. The van der Waals surface area contributed by atoms with E-state index in [2.05, 4.69) is 28.2 Å². The monoisotopic (exact) mass is 383 g/mol. The molecule has 1 saturated carbocycles. The average molecular weight is 384 g/mol. The van der Waals surface area contributed by atoms with Crippen molar-refractivity contribution >= 4 is 27.8 Å². The summed E-state index contributed by atoms with van der Waals surface area (Å²) >= 11 is 3.32. The SMILES string of the molecule is CC1CCC(NC(=O)COC(=O)COc2cccc(Br)c2)CC1. The zero-order chi connectivity index (χ0) is 16.7. The molecule has 0 aliphatic heterocycles. The number of carbonyl (C=O) groups is 2. The quantitative estimate of drug-likeness (QED) is 0.766. The van der Waals surface area contributed by atoms with Crippen LogP contribution >= 0.6 is 15.9 Å². The third kappa shape index (κ3) is 6.60. The molecule has 0 heterocycles. The molecule has 1 aliphatic rings. The molecule has 2 rings (SSSR count). The fourth-order valence-corrected chi connectivity index (χ4v) is 2.94. The molecule has 1 aromatic carbocycles. The maximum Gasteiger partial charge on any atom is 0.344 e. The summed E-state index contributed by atoms with van der Waals surface area (Å²) in [6, 6.07) is 7.37. The summed E-state index contributed by atoms with van der Waals surface area (Å²) in [6.45, 7) is 1.75. The van der Waals surface area contributed by atoms with Gasteiger partial charge in [-0.3, -0.25) is 4.79 Å². The Morgan fingerprint density at radius 3 is 2.65 bits per heavy atom. The molecule has 0 radical (unpaired) electrons. The van der Waals surface area contributed by atoms with Crippen LogP contribution in [0, 0.1) is 5.92 Å². The van der Waals surface area contributed by atoms with Crippen molar-refractivity contribution in [3.8, 4) is 5.75 Å². The highest BCUT2D eigenvalue weighted by Crippen LogP contribution is 2.23. The fraction of sp³-hybridized carbons (Fsp3) is 0.529. The molecule has 1 fully saturated rings. The number of hydrogen-bond donors (Lipinski definition) is 1. The van der Waals surface area contributed by atoms with E-state index in [-0.39, 0.29) is 25.2 Å². The summed E-state index contributed by atoms with van der Waals surface area (Å²) < 4.78 is 11.1. The van der Waals surface area contributed by atoms with Gasteiger partial charge in [0, 0.05) is 10.5 Å². The lowest BCUT2D eigenvalue weighted by Crippen LogP contribution is -2.39. The van der Waals surface area contributed by atoms with E-state index >= 15 is 0 Å². The molecule has 0 bridgehead atoms. The second kappa shape index (κ2) is 8.91. The predicted molar refractivity (Wildman–Crippen MR) is 90.2 cm³/mol. The molecule has 1 aliphatic carbocycles. The number of ether oxygens (including phenoxy) is 2. The Hall–Kier alpha value is -1.56. The molecule has 0 saturated heterocycles. The van der Waals surface area contributed by atoms with Crippen LogP contribution in [-0.2, 0) is 14.3 Å². The van der Waals surface area contributed by atoms with Crippen LogP contribution in [-0.4, -0.2) is 31.1 Å². The van der Waals surface area contributed by atoms with Gasteiger partial charge in [0.2, 0.25) is 0 Å². The molecule has 1 amide bonds. The molecule has 5 nitrogen and oxygen atoms in total. The van der Waals surface area contributed by atoms with Gasteiger partial charge in [-0.1, -0.05) is 28.9 Å². The Labute approximate surface area is 144 Å². The van der Waals surface area contributed by atoms with Crippen molar-refractivity contribution in [3.63, 3.8) is 0 Å². The Kier molecular flexibility index (Phi) is 6.89. The third-order valence-electron chi connectivity index (χ3n) is 3.90. The molecule has 126 valence electrons. The van der Waals surface area contributed by atoms with Gasteiger partial charge in [-0.25, -0.2) is 4.79 Å². The molecule has 0 spiro atoms. The number of nitrogens with one attached hydrogen (secondary N) is 1. The number of esters is 1. The smallest absolute Gasteiger partial charge is 0.344 e.